The van der Waals surface area contributed by atoms with Crippen molar-refractivity contribution in [1.82, 2.24) is 9.47 Å². The van der Waals surface area contributed by atoms with Gasteiger partial charge in [-0.3, -0.25) is 9.59 Å². The Morgan fingerprint density at radius 2 is 1.92 bits per heavy atom. The highest BCUT2D eigenvalue weighted by Gasteiger charge is 2.33. The lowest BCUT2D eigenvalue weighted by Crippen LogP contribution is -2.46. The van der Waals surface area contributed by atoms with Crippen molar-refractivity contribution in [1.29, 1.82) is 0 Å². The Hall–Kier alpha value is -1.79. The van der Waals surface area contributed by atoms with E-state index in [0.29, 0.717) is 13.1 Å². The molecule has 4 nitrogen and oxygen atoms in total. The van der Waals surface area contributed by atoms with E-state index in [1.54, 1.807) is 4.90 Å². The van der Waals surface area contributed by atoms with Gasteiger partial charge in [-0.15, -0.1) is 0 Å². The number of piperidine rings is 1. The second-order valence-electron chi connectivity index (χ2n) is 7.42. The SMILES string of the molecule is CC(C)(C)C(=O)N1CCC[C@H](Cn2cc(C(F)(F)F)ccc2=O)C1. The molecule has 0 spiro atoms. The quantitative estimate of drug-likeness (QED) is 0.827. The van der Waals surface area contributed by atoms with Gasteiger partial charge in [-0.05, 0) is 24.8 Å². The van der Waals surface area contributed by atoms with E-state index in [-0.39, 0.29) is 18.4 Å². The second-order valence-corrected chi connectivity index (χ2v) is 7.42. The van der Waals surface area contributed by atoms with Crippen LogP contribution in [0.4, 0.5) is 13.2 Å². The van der Waals surface area contributed by atoms with Crippen LogP contribution in [-0.4, -0.2) is 28.5 Å². The van der Waals surface area contributed by atoms with Crippen LogP contribution < -0.4 is 5.56 Å². The van der Waals surface area contributed by atoms with Crippen molar-refractivity contribution in [3.05, 3.63) is 34.2 Å². The fourth-order valence-corrected chi connectivity index (χ4v) is 2.99. The topological polar surface area (TPSA) is 42.3 Å². The summed E-state index contributed by atoms with van der Waals surface area (Å²) in [5.41, 5.74) is -1.78. The summed E-state index contributed by atoms with van der Waals surface area (Å²) in [5.74, 6) is 0.00910. The van der Waals surface area contributed by atoms with Crippen molar-refractivity contribution in [2.24, 2.45) is 11.3 Å². The summed E-state index contributed by atoms with van der Waals surface area (Å²) in [6.07, 6.45) is -2.03. The van der Waals surface area contributed by atoms with Crippen molar-refractivity contribution >= 4 is 5.91 Å². The molecule has 2 rings (SSSR count). The van der Waals surface area contributed by atoms with Gasteiger partial charge in [0.05, 0.1) is 5.56 Å². The Morgan fingerprint density at radius 3 is 2.50 bits per heavy atom. The van der Waals surface area contributed by atoms with E-state index in [2.05, 4.69) is 0 Å². The molecule has 1 aliphatic rings. The van der Waals surface area contributed by atoms with Crippen LogP contribution in [0.2, 0.25) is 0 Å². The molecule has 1 saturated heterocycles. The molecule has 1 amide bonds. The van der Waals surface area contributed by atoms with Gasteiger partial charge in [-0.1, -0.05) is 20.8 Å². The van der Waals surface area contributed by atoms with E-state index in [0.717, 1.165) is 35.7 Å². The summed E-state index contributed by atoms with van der Waals surface area (Å²) in [6.45, 7) is 6.85. The fraction of sp³-hybridized carbons (Fsp3) is 0.647. The molecule has 2 heterocycles. The van der Waals surface area contributed by atoms with Crippen LogP contribution in [0.25, 0.3) is 0 Å². The summed E-state index contributed by atoms with van der Waals surface area (Å²) in [4.78, 5) is 26.0. The van der Waals surface area contributed by atoms with Crippen LogP contribution in [0.15, 0.2) is 23.1 Å². The molecule has 0 bridgehead atoms. The van der Waals surface area contributed by atoms with Crippen LogP contribution in [0.1, 0.15) is 39.2 Å². The Kier molecular flexibility index (Phi) is 5.11. The number of nitrogens with zero attached hydrogens (tertiary/aromatic N) is 2. The molecular weight excluding hydrogens is 321 g/mol. The molecule has 0 aromatic carbocycles. The van der Waals surface area contributed by atoms with Crippen molar-refractivity contribution in [2.75, 3.05) is 13.1 Å². The number of hydrogen-bond donors (Lipinski definition) is 0. The molecule has 0 saturated carbocycles. The van der Waals surface area contributed by atoms with Crippen LogP contribution in [0.5, 0.6) is 0 Å². The maximum Gasteiger partial charge on any atom is 0.417 e. The first kappa shape index (κ1) is 18.5. The number of hydrogen-bond acceptors (Lipinski definition) is 2. The normalized spacial score (nSPS) is 19.4. The van der Waals surface area contributed by atoms with E-state index in [1.165, 1.54) is 0 Å². The van der Waals surface area contributed by atoms with Gasteiger partial charge in [-0.25, -0.2) is 0 Å². The van der Waals surface area contributed by atoms with Gasteiger partial charge >= 0.3 is 6.18 Å². The van der Waals surface area contributed by atoms with Crippen molar-refractivity contribution in [3.63, 3.8) is 0 Å². The number of alkyl halides is 3. The average molecular weight is 344 g/mol. The number of aromatic nitrogens is 1. The zero-order valence-corrected chi connectivity index (χ0v) is 14.2. The van der Waals surface area contributed by atoms with Gasteiger partial charge < -0.3 is 9.47 Å². The monoisotopic (exact) mass is 344 g/mol. The van der Waals surface area contributed by atoms with Crippen LogP contribution >= 0.6 is 0 Å². The van der Waals surface area contributed by atoms with Gasteiger partial charge in [0, 0.05) is 37.3 Å². The van der Waals surface area contributed by atoms with E-state index < -0.39 is 22.7 Å². The first-order chi connectivity index (χ1) is 11.0. The average Bonchev–Trinajstić information content (AvgIpc) is 2.47. The predicted molar refractivity (Wildman–Crippen MR) is 84.5 cm³/mol. The molecule has 1 aromatic heterocycles. The van der Waals surface area contributed by atoms with Crippen LogP contribution in [0.3, 0.4) is 0 Å². The fourth-order valence-electron chi connectivity index (χ4n) is 2.99. The third-order valence-electron chi connectivity index (χ3n) is 4.21. The molecule has 7 heteroatoms. The third kappa shape index (κ3) is 4.39. The predicted octanol–water partition coefficient (Wildman–Crippen LogP) is 3.15. The second kappa shape index (κ2) is 6.61. The van der Waals surface area contributed by atoms with Gasteiger partial charge in [0.2, 0.25) is 5.91 Å². The zero-order chi connectivity index (χ0) is 18.1. The zero-order valence-electron chi connectivity index (χ0n) is 14.2. The Bertz CT molecular complexity index is 659. The maximum absolute atomic E-state index is 12.8. The molecule has 0 N–H and O–H groups in total. The first-order valence-corrected chi connectivity index (χ1v) is 8.05. The summed E-state index contributed by atoms with van der Waals surface area (Å²) < 4.78 is 39.5. The lowest BCUT2D eigenvalue weighted by atomic mass is 9.91. The Morgan fingerprint density at radius 1 is 1.25 bits per heavy atom. The molecule has 1 aliphatic heterocycles. The minimum absolute atomic E-state index is 0.0220. The highest BCUT2D eigenvalue weighted by atomic mass is 19.4. The molecule has 0 aliphatic carbocycles. The molecule has 1 atom stereocenters. The smallest absolute Gasteiger partial charge is 0.342 e. The number of carbonyl (C=O) groups excluding carboxylic acids is 1. The van der Waals surface area contributed by atoms with Crippen molar-refractivity contribution in [3.8, 4) is 0 Å². The molecule has 134 valence electrons. The lowest BCUT2D eigenvalue weighted by molar-refractivity contribution is -0.141. The first-order valence-electron chi connectivity index (χ1n) is 8.05. The van der Waals surface area contributed by atoms with Gasteiger partial charge in [0.25, 0.3) is 5.56 Å². The Balaban J connectivity index is 2.14. The molecule has 1 aromatic rings. The highest BCUT2D eigenvalue weighted by molar-refractivity contribution is 5.81. The number of amides is 1. The van der Waals surface area contributed by atoms with E-state index in [9.17, 15) is 22.8 Å². The van der Waals surface area contributed by atoms with E-state index in [1.807, 2.05) is 20.8 Å². The number of halogens is 3. The summed E-state index contributed by atoms with van der Waals surface area (Å²) in [6, 6.07) is 1.75. The van der Waals surface area contributed by atoms with E-state index in [4.69, 9.17) is 0 Å². The van der Waals surface area contributed by atoms with Crippen molar-refractivity contribution in [2.45, 2.75) is 46.3 Å². The third-order valence-corrected chi connectivity index (χ3v) is 4.21. The number of carbonyl (C=O) groups is 1. The molecular formula is C17H23F3N2O2. The summed E-state index contributed by atoms with van der Waals surface area (Å²) in [7, 11) is 0. The lowest BCUT2D eigenvalue weighted by Gasteiger charge is -2.36. The minimum Gasteiger partial charge on any atom is -0.342 e. The van der Waals surface area contributed by atoms with Crippen LogP contribution in [0, 0.1) is 11.3 Å². The Labute approximate surface area is 139 Å². The summed E-state index contributed by atoms with van der Waals surface area (Å²) >= 11 is 0. The largest absolute Gasteiger partial charge is 0.417 e. The van der Waals surface area contributed by atoms with Crippen molar-refractivity contribution < 1.29 is 18.0 Å². The van der Waals surface area contributed by atoms with Gasteiger partial charge in [0.1, 0.15) is 0 Å². The van der Waals surface area contributed by atoms with Gasteiger partial charge in [-0.2, -0.15) is 13.2 Å². The maximum atomic E-state index is 12.8. The van der Waals surface area contributed by atoms with Gasteiger partial charge in [0.15, 0.2) is 0 Å². The highest BCUT2D eigenvalue weighted by Crippen LogP contribution is 2.29. The number of rotatable bonds is 2. The van der Waals surface area contributed by atoms with Crippen LogP contribution in [-0.2, 0) is 17.5 Å². The number of likely N-dealkylation sites (tertiary alicyclic amines) is 1. The summed E-state index contributed by atoms with van der Waals surface area (Å²) in [5, 5.41) is 0. The number of pyridine rings is 1. The minimum atomic E-state index is -4.48. The molecule has 0 unspecified atom stereocenters. The molecule has 24 heavy (non-hydrogen) atoms. The van der Waals surface area contributed by atoms with E-state index >= 15 is 0 Å². The molecule has 0 radical (unpaired) electrons. The molecule has 1 fully saturated rings. The standard InChI is InChI=1S/C17H23F3N2O2/c1-16(2,3)15(24)21-8-4-5-12(9-21)10-22-11-13(17(18,19)20)6-7-14(22)23/h6-7,11-12H,4-5,8-10H2,1-3H3/t12-/m0/s1.